The summed E-state index contributed by atoms with van der Waals surface area (Å²) < 4.78 is 1.60. The Morgan fingerprint density at radius 3 is 2.38 bits per heavy atom. The van der Waals surface area contributed by atoms with Crippen molar-refractivity contribution in [3.63, 3.8) is 0 Å². The van der Waals surface area contributed by atoms with Gasteiger partial charge in [0.05, 0.1) is 11.4 Å². The monoisotopic (exact) mass is 346 g/mol. The van der Waals surface area contributed by atoms with Crippen molar-refractivity contribution in [1.29, 1.82) is 0 Å². The Bertz CT molecular complexity index is 710. The van der Waals surface area contributed by atoms with Gasteiger partial charge in [0, 0.05) is 11.4 Å². The fraction of sp³-hybridized carbons (Fsp3) is 0.353. The first-order chi connectivity index (χ1) is 11.4. The van der Waals surface area contributed by atoms with Gasteiger partial charge in [-0.1, -0.05) is 29.8 Å². The summed E-state index contributed by atoms with van der Waals surface area (Å²) in [6.45, 7) is 5.87. The number of thioether (sulfide) groups is 1. The van der Waals surface area contributed by atoms with Crippen molar-refractivity contribution in [2.75, 3.05) is 5.75 Å². The van der Waals surface area contributed by atoms with Gasteiger partial charge in [-0.25, -0.2) is 0 Å². The number of nitrogens with zero attached hydrogens (tertiary/aromatic N) is 2. The Morgan fingerprint density at radius 1 is 1.08 bits per heavy atom. The first-order valence-electron chi connectivity index (χ1n) is 7.66. The van der Waals surface area contributed by atoms with Gasteiger partial charge < -0.3 is 0 Å². The molecule has 1 aromatic carbocycles. The second-order valence-electron chi connectivity index (χ2n) is 5.66. The molecule has 1 aromatic heterocycles. The van der Waals surface area contributed by atoms with Crippen molar-refractivity contribution >= 4 is 23.6 Å². The molecule has 0 radical (unpaired) electrons. The Kier molecular flexibility index (Phi) is 6.43. The van der Waals surface area contributed by atoms with Gasteiger partial charge in [-0.3, -0.25) is 25.1 Å². The largest absolute Gasteiger partial charge is 0.272 e. The number of aromatic nitrogens is 2. The number of nitrogens with one attached hydrogen (secondary N) is 2. The molecule has 0 spiro atoms. The van der Waals surface area contributed by atoms with E-state index in [0.29, 0.717) is 0 Å². The quantitative estimate of drug-likeness (QED) is 0.783. The van der Waals surface area contributed by atoms with Crippen LogP contribution in [-0.4, -0.2) is 27.3 Å². The van der Waals surface area contributed by atoms with Gasteiger partial charge in [0.2, 0.25) is 5.91 Å². The average molecular weight is 346 g/mol. The molecule has 0 saturated heterocycles. The number of hydrogen-bond acceptors (Lipinski definition) is 4. The van der Waals surface area contributed by atoms with Gasteiger partial charge >= 0.3 is 0 Å². The molecule has 0 saturated carbocycles. The van der Waals surface area contributed by atoms with Crippen LogP contribution in [0.5, 0.6) is 0 Å². The maximum atomic E-state index is 11.8. The van der Waals surface area contributed by atoms with Crippen LogP contribution in [0.4, 0.5) is 0 Å². The molecule has 2 N–H and O–H groups in total. The van der Waals surface area contributed by atoms with Crippen molar-refractivity contribution in [1.82, 2.24) is 20.6 Å². The predicted octanol–water partition coefficient (Wildman–Crippen LogP) is 1.89. The third-order valence-electron chi connectivity index (χ3n) is 3.36. The molecule has 128 valence electrons. The summed E-state index contributed by atoms with van der Waals surface area (Å²) in [5, 5.41) is 4.21. The fourth-order valence-electron chi connectivity index (χ4n) is 2.13. The molecular weight excluding hydrogens is 324 g/mol. The minimum Gasteiger partial charge on any atom is -0.272 e. The van der Waals surface area contributed by atoms with E-state index in [1.54, 1.807) is 4.68 Å². The molecule has 0 bridgehead atoms. The summed E-state index contributed by atoms with van der Waals surface area (Å²) in [5.74, 6) is 0.508. The Morgan fingerprint density at radius 2 is 1.75 bits per heavy atom. The van der Waals surface area contributed by atoms with Gasteiger partial charge in [-0.15, -0.1) is 11.8 Å². The van der Waals surface area contributed by atoms with Gasteiger partial charge in [-0.05, 0) is 32.4 Å². The van der Waals surface area contributed by atoms with E-state index in [9.17, 15) is 9.59 Å². The summed E-state index contributed by atoms with van der Waals surface area (Å²) in [7, 11) is 0. The zero-order chi connectivity index (χ0) is 17.5. The molecule has 7 heteroatoms. The number of aryl methyl sites for hydroxylation is 3. The SMILES string of the molecule is Cc1ccc(CSCC(=O)NNC(=O)Cn2nc(C)cc2C)cc1. The molecule has 6 nitrogen and oxygen atoms in total. The van der Waals surface area contributed by atoms with Crippen LogP contribution in [0, 0.1) is 20.8 Å². The molecule has 2 aromatic rings. The molecule has 1 heterocycles. The van der Waals surface area contributed by atoms with Gasteiger partial charge in [-0.2, -0.15) is 5.10 Å². The van der Waals surface area contributed by atoms with Crippen molar-refractivity contribution in [2.24, 2.45) is 0 Å². The highest BCUT2D eigenvalue weighted by Crippen LogP contribution is 2.12. The molecule has 0 atom stereocenters. The van der Waals surface area contributed by atoms with Gasteiger partial charge in [0.1, 0.15) is 6.54 Å². The van der Waals surface area contributed by atoms with E-state index in [1.165, 1.54) is 22.9 Å². The van der Waals surface area contributed by atoms with Crippen LogP contribution in [0.2, 0.25) is 0 Å². The third-order valence-corrected chi connectivity index (χ3v) is 4.36. The molecule has 2 amide bonds. The second-order valence-corrected chi connectivity index (χ2v) is 6.65. The highest BCUT2D eigenvalue weighted by atomic mass is 32.2. The summed E-state index contributed by atoms with van der Waals surface area (Å²) in [4.78, 5) is 23.6. The molecule has 0 fully saturated rings. The van der Waals surface area contributed by atoms with Crippen molar-refractivity contribution < 1.29 is 9.59 Å². The Labute approximate surface area is 146 Å². The lowest BCUT2D eigenvalue weighted by Crippen LogP contribution is -2.44. The highest BCUT2D eigenvalue weighted by Gasteiger charge is 2.08. The van der Waals surface area contributed by atoms with E-state index in [2.05, 4.69) is 40.2 Å². The number of hydrazine groups is 1. The van der Waals surface area contributed by atoms with Crippen molar-refractivity contribution in [2.45, 2.75) is 33.1 Å². The molecule has 0 aliphatic heterocycles. The van der Waals surface area contributed by atoms with E-state index in [4.69, 9.17) is 0 Å². The number of carbonyl (C=O) groups excluding carboxylic acids is 2. The zero-order valence-electron chi connectivity index (χ0n) is 14.1. The summed E-state index contributed by atoms with van der Waals surface area (Å²) in [5.41, 5.74) is 8.99. The highest BCUT2D eigenvalue weighted by molar-refractivity contribution is 7.99. The lowest BCUT2D eigenvalue weighted by molar-refractivity contribution is -0.128. The van der Waals surface area contributed by atoms with Crippen LogP contribution < -0.4 is 10.9 Å². The Balaban J connectivity index is 1.66. The van der Waals surface area contributed by atoms with Crippen LogP contribution in [0.25, 0.3) is 0 Å². The molecule has 0 aliphatic carbocycles. The molecule has 24 heavy (non-hydrogen) atoms. The minimum absolute atomic E-state index is 0.0798. The van der Waals surface area contributed by atoms with Gasteiger partial charge in [0.25, 0.3) is 5.91 Å². The molecule has 0 aliphatic rings. The third kappa shape index (κ3) is 5.73. The van der Waals surface area contributed by atoms with Crippen molar-refractivity contribution in [3.8, 4) is 0 Å². The first kappa shape index (κ1) is 18.1. The van der Waals surface area contributed by atoms with E-state index in [-0.39, 0.29) is 24.1 Å². The van der Waals surface area contributed by atoms with E-state index >= 15 is 0 Å². The van der Waals surface area contributed by atoms with E-state index < -0.39 is 0 Å². The van der Waals surface area contributed by atoms with E-state index in [1.807, 2.05) is 26.8 Å². The van der Waals surface area contributed by atoms with Crippen LogP contribution >= 0.6 is 11.8 Å². The van der Waals surface area contributed by atoms with E-state index in [0.717, 1.165) is 17.1 Å². The summed E-state index contributed by atoms with van der Waals surface area (Å²) in [6.07, 6.45) is 0. The summed E-state index contributed by atoms with van der Waals surface area (Å²) >= 11 is 1.50. The number of amides is 2. The topological polar surface area (TPSA) is 76.0 Å². The fourth-order valence-corrected chi connectivity index (χ4v) is 2.92. The lowest BCUT2D eigenvalue weighted by atomic mass is 10.2. The number of hydrogen-bond donors (Lipinski definition) is 2. The predicted molar refractivity (Wildman–Crippen MR) is 95.3 cm³/mol. The first-order valence-corrected chi connectivity index (χ1v) is 8.81. The van der Waals surface area contributed by atoms with Crippen LogP contribution in [0.15, 0.2) is 30.3 Å². The maximum absolute atomic E-state index is 11.8. The average Bonchev–Trinajstić information content (AvgIpc) is 2.85. The lowest BCUT2D eigenvalue weighted by Gasteiger charge is -2.08. The number of carbonyl (C=O) groups is 2. The smallest absolute Gasteiger partial charge is 0.260 e. The summed E-state index contributed by atoms with van der Waals surface area (Å²) in [6, 6.07) is 10.1. The standard InChI is InChI=1S/C17H22N4O2S/c1-12-4-6-15(7-5-12)10-24-11-17(23)19-18-16(22)9-21-14(3)8-13(2)20-21/h4-8H,9-11H2,1-3H3,(H,18,22)(H,19,23). The van der Waals surface area contributed by atoms with Gasteiger partial charge in [0.15, 0.2) is 0 Å². The van der Waals surface area contributed by atoms with Crippen molar-refractivity contribution in [3.05, 3.63) is 52.8 Å². The van der Waals surface area contributed by atoms with Crippen LogP contribution in [-0.2, 0) is 21.9 Å². The second kappa shape index (κ2) is 8.54. The maximum Gasteiger partial charge on any atom is 0.260 e. The normalized spacial score (nSPS) is 10.5. The minimum atomic E-state index is -0.307. The molecular formula is C17H22N4O2S. The molecule has 2 rings (SSSR count). The van der Waals surface area contributed by atoms with Crippen LogP contribution in [0.1, 0.15) is 22.5 Å². The molecule has 0 unspecified atom stereocenters. The van der Waals surface area contributed by atoms with Crippen LogP contribution in [0.3, 0.4) is 0 Å². The number of rotatable bonds is 6. The number of benzene rings is 1. The zero-order valence-corrected chi connectivity index (χ0v) is 14.9. The Hall–Kier alpha value is -2.28.